The number of fused-ring (bicyclic) bond motifs is 3. The first kappa shape index (κ1) is 12.3. The molecule has 1 aliphatic carbocycles. The monoisotopic (exact) mass is 257 g/mol. The molecule has 0 aliphatic heterocycles. The second-order valence-corrected chi connectivity index (χ2v) is 5.37. The van der Waals surface area contributed by atoms with Crippen LogP contribution in [0.5, 0.6) is 0 Å². The van der Waals surface area contributed by atoms with Gasteiger partial charge in [-0.25, -0.2) is 4.79 Å². The number of carboxylic acid groups (broad SMARTS) is 1. The lowest BCUT2D eigenvalue weighted by molar-refractivity contribution is 0.0697. The number of hydrogen-bond donors (Lipinski definition) is 1. The first-order valence-electron chi connectivity index (χ1n) is 7.01. The normalized spacial score (nSPS) is 14.6. The van der Waals surface area contributed by atoms with Crippen LogP contribution in [-0.4, -0.2) is 15.6 Å². The first-order valence-corrected chi connectivity index (χ1v) is 7.01. The van der Waals surface area contributed by atoms with Gasteiger partial charge in [0, 0.05) is 17.6 Å². The molecule has 100 valence electrons. The van der Waals surface area contributed by atoms with Gasteiger partial charge >= 0.3 is 5.97 Å². The van der Waals surface area contributed by atoms with Gasteiger partial charge in [-0.2, -0.15) is 0 Å². The minimum Gasteiger partial charge on any atom is -0.478 e. The van der Waals surface area contributed by atoms with Crippen molar-refractivity contribution in [2.24, 2.45) is 0 Å². The lowest BCUT2D eigenvalue weighted by atomic mass is 9.94. The highest BCUT2D eigenvalue weighted by Gasteiger charge is 2.21. The molecule has 0 saturated heterocycles. The molecule has 0 spiro atoms. The Bertz CT molecular complexity index is 667. The van der Waals surface area contributed by atoms with E-state index >= 15 is 0 Å². The summed E-state index contributed by atoms with van der Waals surface area (Å²) in [5.74, 6) is -0.834. The maximum absolute atomic E-state index is 11.2. The zero-order valence-electron chi connectivity index (χ0n) is 11.5. The average Bonchev–Trinajstić information content (AvgIpc) is 2.73. The van der Waals surface area contributed by atoms with Crippen molar-refractivity contribution in [2.75, 3.05) is 0 Å². The van der Waals surface area contributed by atoms with Gasteiger partial charge < -0.3 is 9.67 Å². The van der Waals surface area contributed by atoms with Crippen molar-refractivity contribution in [3.05, 3.63) is 34.5 Å². The van der Waals surface area contributed by atoms with Gasteiger partial charge in [0.15, 0.2) is 0 Å². The Labute approximate surface area is 112 Å². The number of benzene rings is 1. The Morgan fingerprint density at radius 2 is 2.05 bits per heavy atom. The Morgan fingerprint density at radius 3 is 2.74 bits per heavy atom. The molecule has 3 heteroatoms. The molecule has 0 atom stereocenters. The Morgan fingerprint density at radius 1 is 1.32 bits per heavy atom. The van der Waals surface area contributed by atoms with Gasteiger partial charge in [0.1, 0.15) is 0 Å². The molecule has 3 nitrogen and oxygen atoms in total. The summed E-state index contributed by atoms with van der Waals surface area (Å²) in [6.45, 7) is 5.14. The van der Waals surface area contributed by atoms with Crippen LogP contribution in [-0.2, 0) is 19.4 Å². The summed E-state index contributed by atoms with van der Waals surface area (Å²) >= 11 is 0. The molecule has 0 fully saturated rings. The fraction of sp³-hybridized carbons (Fsp3) is 0.438. The molecule has 0 saturated carbocycles. The van der Waals surface area contributed by atoms with Crippen LogP contribution in [0.25, 0.3) is 10.9 Å². The van der Waals surface area contributed by atoms with Crippen LogP contribution in [0.15, 0.2) is 12.1 Å². The van der Waals surface area contributed by atoms with E-state index in [-0.39, 0.29) is 0 Å². The summed E-state index contributed by atoms with van der Waals surface area (Å²) in [5, 5.41) is 10.4. The molecule has 0 radical (unpaired) electrons. The van der Waals surface area contributed by atoms with E-state index in [1.807, 2.05) is 13.0 Å². The lowest BCUT2D eigenvalue weighted by Gasteiger charge is -2.14. The van der Waals surface area contributed by atoms with E-state index < -0.39 is 5.97 Å². The van der Waals surface area contributed by atoms with E-state index in [0.717, 1.165) is 30.3 Å². The van der Waals surface area contributed by atoms with E-state index in [2.05, 4.69) is 11.5 Å². The third-order valence-corrected chi connectivity index (χ3v) is 4.22. The van der Waals surface area contributed by atoms with Gasteiger partial charge in [-0.1, -0.05) is 0 Å². The highest BCUT2D eigenvalue weighted by molar-refractivity contribution is 5.97. The molecular weight excluding hydrogens is 238 g/mol. The lowest BCUT2D eigenvalue weighted by Crippen LogP contribution is -2.07. The van der Waals surface area contributed by atoms with Crippen LogP contribution in [0.4, 0.5) is 0 Å². The number of nitrogens with zero attached hydrogens (tertiary/aromatic N) is 1. The van der Waals surface area contributed by atoms with Crippen molar-refractivity contribution in [1.29, 1.82) is 0 Å². The minimum absolute atomic E-state index is 0.409. The zero-order valence-corrected chi connectivity index (χ0v) is 11.5. The SMILES string of the molecule is CCn1c2c(c3cc(C(=O)O)cc(C)c31)CCCC2. The molecule has 1 N–H and O–H groups in total. The minimum atomic E-state index is -0.834. The number of aromatic carboxylic acids is 1. The smallest absolute Gasteiger partial charge is 0.335 e. The number of aromatic nitrogens is 1. The molecule has 3 rings (SSSR count). The van der Waals surface area contributed by atoms with Crippen molar-refractivity contribution < 1.29 is 9.90 Å². The molecule has 2 aromatic rings. The van der Waals surface area contributed by atoms with Gasteiger partial charge in [-0.3, -0.25) is 0 Å². The van der Waals surface area contributed by atoms with Gasteiger partial charge in [0.2, 0.25) is 0 Å². The number of rotatable bonds is 2. The molecule has 0 bridgehead atoms. The average molecular weight is 257 g/mol. The number of aryl methyl sites for hydroxylation is 3. The van der Waals surface area contributed by atoms with Crippen molar-refractivity contribution in [2.45, 2.75) is 46.1 Å². The second kappa shape index (κ2) is 4.41. The molecular formula is C16H19NO2. The molecule has 1 aromatic heterocycles. The summed E-state index contributed by atoms with van der Waals surface area (Å²) in [4.78, 5) is 11.2. The maximum Gasteiger partial charge on any atom is 0.335 e. The molecule has 1 aromatic carbocycles. The largest absolute Gasteiger partial charge is 0.478 e. The van der Waals surface area contributed by atoms with Crippen LogP contribution < -0.4 is 0 Å². The Balaban J connectivity index is 2.39. The van der Waals surface area contributed by atoms with Crippen molar-refractivity contribution in [1.82, 2.24) is 4.57 Å². The van der Waals surface area contributed by atoms with Crippen molar-refractivity contribution in [3.8, 4) is 0 Å². The van der Waals surface area contributed by atoms with E-state index in [4.69, 9.17) is 0 Å². The quantitative estimate of drug-likeness (QED) is 0.894. The van der Waals surface area contributed by atoms with E-state index in [0.29, 0.717) is 5.56 Å². The highest BCUT2D eigenvalue weighted by Crippen LogP contribution is 2.34. The van der Waals surface area contributed by atoms with Crippen LogP contribution in [0, 0.1) is 6.92 Å². The van der Waals surface area contributed by atoms with E-state index in [1.165, 1.54) is 29.6 Å². The second-order valence-electron chi connectivity index (χ2n) is 5.37. The molecule has 1 aliphatic rings. The summed E-state index contributed by atoms with van der Waals surface area (Å²) in [6, 6.07) is 3.66. The molecule has 19 heavy (non-hydrogen) atoms. The fourth-order valence-corrected chi connectivity index (χ4v) is 3.45. The Kier molecular flexibility index (Phi) is 2.85. The maximum atomic E-state index is 11.2. The zero-order chi connectivity index (χ0) is 13.6. The van der Waals surface area contributed by atoms with Gasteiger partial charge in [-0.15, -0.1) is 0 Å². The van der Waals surface area contributed by atoms with Crippen LogP contribution in [0.1, 0.15) is 46.9 Å². The van der Waals surface area contributed by atoms with Crippen LogP contribution >= 0.6 is 0 Å². The Hall–Kier alpha value is -1.77. The number of hydrogen-bond acceptors (Lipinski definition) is 1. The van der Waals surface area contributed by atoms with Gasteiger partial charge in [-0.05, 0) is 62.8 Å². The van der Waals surface area contributed by atoms with Gasteiger partial charge in [0.25, 0.3) is 0 Å². The predicted octanol–water partition coefficient (Wildman–Crippen LogP) is 3.55. The first-order chi connectivity index (χ1) is 9.13. The standard InChI is InChI=1S/C16H19NO2/c1-3-17-14-7-5-4-6-12(14)13-9-11(16(18)19)8-10(2)15(13)17/h8-9H,3-7H2,1-2H3,(H,18,19). The van der Waals surface area contributed by atoms with Crippen LogP contribution in [0.3, 0.4) is 0 Å². The van der Waals surface area contributed by atoms with Crippen molar-refractivity contribution >= 4 is 16.9 Å². The van der Waals surface area contributed by atoms with Crippen LogP contribution in [0.2, 0.25) is 0 Å². The number of carboxylic acids is 1. The molecule has 1 heterocycles. The van der Waals surface area contributed by atoms with E-state index in [9.17, 15) is 9.90 Å². The summed E-state index contributed by atoms with van der Waals surface area (Å²) < 4.78 is 2.38. The highest BCUT2D eigenvalue weighted by atomic mass is 16.4. The predicted molar refractivity (Wildman–Crippen MR) is 76.0 cm³/mol. The van der Waals surface area contributed by atoms with Gasteiger partial charge in [0.05, 0.1) is 11.1 Å². The van der Waals surface area contributed by atoms with Crippen molar-refractivity contribution in [3.63, 3.8) is 0 Å². The molecule has 0 unspecified atom stereocenters. The summed E-state index contributed by atoms with van der Waals surface area (Å²) in [7, 11) is 0. The van der Waals surface area contributed by atoms with E-state index in [1.54, 1.807) is 6.07 Å². The number of carbonyl (C=O) groups is 1. The topological polar surface area (TPSA) is 42.2 Å². The summed E-state index contributed by atoms with van der Waals surface area (Å²) in [6.07, 6.45) is 4.67. The summed E-state index contributed by atoms with van der Waals surface area (Å²) in [5.41, 5.74) is 5.53. The third-order valence-electron chi connectivity index (χ3n) is 4.22. The fourth-order valence-electron chi connectivity index (χ4n) is 3.45. The third kappa shape index (κ3) is 1.76. The molecule has 0 amide bonds.